The molecule has 0 aromatic heterocycles. The number of hydrogen-bond acceptors (Lipinski definition) is 2. The molecule has 0 saturated carbocycles. The van der Waals surface area contributed by atoms with Gasteiger partial charge in [0.2, 0.25) is 0 Å². The Kier molecular flexibility index (Phi) is 3.81. The van der Waals surface area contributed by atoms with Gasteiger partial charge < -0.3 is 4.74 Å². The summed E-state index contributed by atoms with van der Waals surface area (Å²) in [7, 11) is 0. The number of nitriles is 1. The molecule has 0 unspecified atom stereocenters. The van der Waals surface area contributed by atoms with E-state index in [9.17, 15) is 0 Å². The van der Waals surface area contributed by atoms with E-state index in [1.165, 1.54) is 5.56 Å². The van der Waals surface area contributed by atoms with Gasteiger partial charge in [0.15, 0.2) is 0 Å². The lowest BCUT2D eigenvalue weighted by atomic mass is 9.85. The minimum Gasteiger partial charge on any atom is -0.456 e. The molecular formula is C18H19NO. The second-order valence-electron chi connectivity index (χ2n) is 5.96. The summed E-state index contributed by atoms with van der Waals surface area (Å²) in [6.45, 7) is 8.54. The fourth-order valence-electron chi connectivity index (χ4n) is 2.09. The third kappa shape index (κ3) is 3.00. The van der Waals surface area contributed by atoms with Gasteiger partial charge in [-0.1, -0.05) is 50.6 Å². The van der Waals surface area contributed by atoms with Crippen LogP contribution in [0.1, 0.15) is 37.5 Å². The van der Waals surface area contributed by atoms with Crippen LogP contribution in [0.2, 0.25) is 0 Å². The first-order valence-electron chi connectivity index (χ1n) is 6.70. The molecule has 2 nitrogen and oxygen atoms in total. The van der Waals surface area contributed by atoms with Gasteiger partial charge in [0.1, 0.15) is 17.6 Å². The molecular weight excluding hydrogens is 246 g/mol. The molecule has 20 heavy (non-hydrogen) atoms. The van der Waals surface area contributed by atoms with Crippen molar-refractivity contribution in [2.75, 3.05) is 0 Å². The second-order valence-corrected chi connectivity index (χ2v) is 5.96. The first-order valence-corrected chi connectivity index (χ1v) is 6.70. The Morgan fingerprint density at radius 3 is 2.35 bits per heavy atom. The van der Waals surface area contributed by atoms with Crippen molar-refractivity contribution in [1.29, 1.82) is 5.26 Å². The molecule has 0 heterocycles. The van der Waals surface area contributed by atoms with Crippen LogP contribution < -0.4 is 4.74 Å². The van der Waals surface area contributed by atoms with E-state index in [0.29, 0.717) is 11.3 Å². The molecule has 0 saturated heterocycles. The van der Waals surface area contributed by atoms with Crippen LogP contribution in [0.5, 0.6) is 11.5 Å². The van der Waals surface area contributed by atoms with E-state index in [4.69, 9.17) is 10.00 Å². The van der Waals surface area contributed by atoms with Crippen molar-refractivity contribution < 1.29 is 4.74 Å². The Bertz CT molecular complexity index is 660. The largest absolute Gasteiger partial charge is 0.456 e. The number of benzene rings is 2. The molecule has 0 fully saturated rings. The number of rotatable bonds is 2. The first kappa shape index (κ1) is 14.1. The summed E-state index contributed by atoms with van der Waals surface area (Å²) >= 11 is 0. The van der Waals surface area contributed by atoms with Gasteiger partial charge in [-0.25, -0.2) is 0 Å². The van der Waals surface area contributed by atoms with E-state index >= 15 is 0 Å². The van der Waals surface area contributed by atoms with Crippen molar-refractivity contribution in [2.24, 2.45) is 0 Å². The van der Waals surface area contributed by atoms with Gasteiger partial charge in [0.05, 0.1) is 5.56 Å². The Morgan fingerprint density at radius 2 is 1.70 bits per heavy atom. The number of para-hydroxylation sites is 1. The maximum absolute atomic E-state index is 9.14. The van der Waals surface area contributed by atoms with Crippen LogP contribution in [0.15, 0.2) is 42.5 Å². The highest BCUT2D eigenvalue weighted by Gasteiger charge is 2.20. The summed E-state index contributed by atoms with van der Waals surface area (Å²) in [5.41, 5.74) is 2.89. The van der Waals surface area contributed by atoms with E-state index in [2.05, 4.69) is 39.8 Å². The SMILES string of the molecule is Cc1ccc(Oc2ccccc2C#N)c(C(C)(C)C)c1. The summed E-state index contributed by atoms with van der Waals surface area (Å²) in [5.74, 6) is 1.41. The lowest BCUT2D eigenvalue weighted by Gasteiger charge is -2.23. The molecule has 0 bridgehead atoms. The van der Waals surface area contributed by atoms with Crippen molar-refractivity contribution in [3.8, 4) is 17.6 Å². The van der Waals surface area contributed by atoms with Gasteiger partial charge in [0, 0.05) is 5.56 Å². The van der Waals surface area contributed by atoms with Crippen LogP contribution in [0, 0.1) is 18.3 Å². The highest BCUT2D eigenvalue weighted by atomic mass is 16.5. The molecule has 2 aromatic rings. The maximum Gasteiger partial charge on any atom is 0.145 e. The highest BCUT2D eigenvalue weighted by molar-refractivity contribution is 5.48. The quantitative estimate of drug-likeness (QED) is 0.769. The molecule has 2 heteroatoms. The zero-order chi connectivity index (χ0) is 14.8. The highest BCUT2D eigenvalue weighted by Crippen LogP contribution is 2.35. The Hall–Kier alpha value is -2.27. The van der Waals surface area contributed by atoms with Crippen molar-refractivity contribution in [3.05, 3.63) is 59.2 Å². The minimum absolute atomic E-state index is 0.0110. The minimum atomic E-state index is -0.0110. The normalized spacial score (nSPS) is 10.9. The Morgan fingerprint density at radius 1 is 1.00 bits per heavy atom. The lowest BCUT2D eigenvalue weighted by molar-refractivity contribution is 0.454. The first-order chi connectivity index (χ1) is 9.41. The standard InChI is InChI=1S/C18H19NO/c1-13-9-10-17(15(11-13)18(2,3)4)20-16-8-6-5-7-14(16)12-19/h5-11H,1-4H3. The molecule has 0 radical (unpaired) electrons. The molecule has 2 rings (SSSR count). The smallest absolute Gasteiger partial charge is 0.145 e. The van der Waals surface area contributed by atoms with Crippen LogP contribution >= 0.6 is 0 Å². The fraction of sp³-hybridized carbons (Fsp3) is 0.278. The third-order valence-electron chi connectivity index (χ3n) is 3.17. The molecule has 0 aliphatic rings. The summed E-state index contributed by atoms with van der Waals surface area (Å²) in [6.07, 6.45) is 0. The average molecular weight is 265 g/mol. The van der Waals surface area contributed by atoms with Crippen LogP contribution in [0.4, 0.5) is 0 Å². The fourth-order valence-corrected chi connectivity index (χ4v) is 2.09. The molecule has 0 aliphatic carbocycles. The molecule has 102 valence electrons. The number of hydrogen-bond donors (Lipinski definition) is 0. The number of aryl methyl sites for hydroxylation is 1. The summed E-state index contributed by atoms with van der Waals surface area (Å²) < 4.78 is 5.99. The zero-order valence-electron chi connectivity index (χ0n) is 12.4. The van der Waals surface area contributed by atoms with Gasteiger partial charge in [0.25, 0.3) is 0 Å². The van der Waals surface area contributed by atoms with Crippen LogP contribution in [0.3, 0.4) is 0 Å². The second kappa shape index (κ2) is 5.38. The molecule has 0 spiro atoms. The van der Waals surface area contributed by atoms with E-state index in [1.54, 1.807) is 6.07 Å². The molecule has 0 aliphatic heterocycles. The van der Waals surface area contributed by atoms with E-state index in [1.807, 2.05) is 30.3 Å². The molecule has 0 amide bonds. The molecule has 2 aromatic carbocycles. The Balaban J connectivity index is 2.47. The van der Waals surface area contributed by atoms with Crippen LogP contribution in [-0.2, 0) is 5.41 Å². The maximum atomic E-state index is 9.14. The zero-order valence-corrected chi connectivity index (χ0v) is 12.4. The monoisotopic (exact) mass is 265 g/mol. The lowest BCUT2D eigenvalue weighted by Crippen LogP contribution is -2.13. The molecule has 0 N–H and O–H groups in total. The van der Waals surface area contributed by atoms with Gasteiger partial charge >= 0.3 is 0 Å². The summed E-state index contributed by atoms with van der Waals surface area (Å²) in [4.78, 5) is 0. The predicted molar refractivity (Wildman–Crippen MR) is 81.1 cm³/mol. The van der Waals surface area contributed by atoms with Crippen LogP contribution in [0.25, 0.3) is 0 Å². The Labute approximate surface area is 120 Å². The molecule has 0 atom stereocenters. The van der Waals surface area contributed by atoms with Crippen molar-refractivity contribution in [3.63, 3.8) is 0 Å². The van der Waals surface area contributed by atoms with Crippen LogP contribution in [-0.4, -0.2) is 0 Å². The third-order valence-corrected chi connectivity index (χ3v) is 3.17. The van der Waals surface area contributed by atoms with Crippen molar-refractivity contribution in [2.45, 2.75) is 33.1 Å². The number of ether oxygens (including phenoxy) is 1. The van der Waals surface area contributed by atoms with Gasteiger partial charge in [-0.15, -0.1) is 0 Å². The average Bonchev–Trinajstić information content (AvgIpc) is 2.40. The topological polar surface area (TPSA) is 33.0 Å². The predicted octanol–water partition coefficient (Wildman–Crippen LogP) is 4.96. The van der Waals surface area contributed by atoms with Gasteiger partial charge in [-0.2, -0.15) is 5.26 Å². The number of nitrogens with zero attached hydrogens (tertiary/aromatic N) is 1. The summed E-state index contributed by atoms with van der Waals surface area (Å²) in [6, 6.07) is 15.6. The van der Waals surface area contributed by atoms with Gasteiger partial charge in [-0.05, 0) is 30.5 Å². The van der Waals surface area contributed by atoms with E-state index in [0.717, 1.165) is 11.3 Å². The van der Waals surface area contributed by atoms with Crippen molar-refractivity contribution >= 4 is 0 Å². The van der Waals surface area contributed by atoms with E-state index in [-0.39, 0.29) is 5.41 Å². The summed E-state index contributed by atoms with van der Waals surface area (Å²) in [5, 5.41) is 9.14. The van der Waals surface area contributed by atoms with Crippen molar-refractivity contribution in [1.82, 2.24) is 0 Å². The van der Waals surface area contributed by atoms with Gasteiger partial charge in [-0.3, -0.25) is 0 Å². The van der Waals surface area contributed by atoms with E-state index < -0.39 is 0 Å².